The number of hydrogen-bond acceptors (Lipinski definition) is 3. The van der Waals surface area contributed by atoms with E-state index in [-0.39, 0.29) is 5.78 Å². The van der Waals surface area contributed by atoms with Crippen molar-refractivity contribution >= 4 is 5.78 Å². The van der Waals surface area contributed by atoms with Crippen molar-refractivity contribution in [3.63, 3.8) is 0 Å². The zero-order valence-corrected chi connectivity index (χ0v) is 12.8. The van der Waals surface area contributed by atoms with E-state index in [4.69, 9.17) is 0 Å². The lowest BCUT2D eigenvalue weighted by Gasteiger charge is -2.07. The number of halogens is 3. The van der Waals surface area contributed by atoms with Crippen LogP contribution in [0.25, 0.3) is 0 Å². The Bertz CT molecular complexity index is 875. The van der Waals surface area contributed by atoms with Gasteiger partial charge in [-0.1, -0.05) is 42.5 Å². The van der Waals surface area contributed by atoms with Crippen molar-refractivity contribution in [3.8, 4) is 12.1 Å². The van der Waals surface area contributed by atoms with Gasteiger partial charge in [0.2, 0.25) is 0 Å². The second-order valence-electron chi connectivity index (χ2n) is 5.90. The van der Waals surface area contributed by atoms with Crippen molar-refractivity contribution in [2.75, 3.05) is 0 Å². The van der Waals surface area contributed by atoms with Crippen LogP contribution in [-0.2, 0) is 6.18 Å². The van der Waals surface area contributed by atoms with Gasteiger partial charge in [0, 0.05) is 11.5 Å². The molecule has 0 N–H and O–H groups in total. The molecule has 3 nitrogen and oxygen atoms in total. The number of nitriles is 2. The molecule has 1 aliphatic rings. The molecule has 2 unspecified atom stereocenters. The van der Waals surface area contributed by atoms with Gasteiger partial charge in [-0.3, -0.25) is 4.79 Å². The summed E-state index contributed by atoms with van der Waals surface area (Å²) in [5, 5.41) is 18.9. The van der Waals surface area contributed by atoms with Crippen LogP contribution in [0.3, 0.4) is 0 Å². The zero-order chi connectivity index (χ0) is 18.2. The molecule has 25 heavy (non-hydrogen) atoms. The van der Waals surface area contributed by atoms with Crippen molar-refractivity contribution in [2.45, 2.75) is 12.1 Å². The lowest BCUT2D eigenvalue weighted by atomic mass is 10.0. The monoisotopic (exact) mass is 340 g/mol. The average molecular weight is 340 g/mol. The highest BCUT2D eigenvalue weighted by Crippen LogP contribution is 2.65. The van der Waals surface area contributed by atoms with Crippen LogP contribution in [0.4, 0.5) is 13.2 Å². The highest BCUT2D eigenvalue weighted by molar-refractivity contribution is 6.02. The molecule has 124 valence electrons. The molecule has 0 bridgehead atoms. The number of carbonyl (C=O) groups is 1. The van der Waals surface area contributed by atoms with E-state index in [2.05, 4.69) is 0 Å². The molecule has 1 saturated carbocycles. The van der Waals surface area contributed by atoms with E-state index in [9.17, 15) is 28.5 Å². The smallest absolute Gasteiger partial charge is 0.294 e. The van der Waals surface area contributed by atoms with Crippen molar-refractivity contribution in [1.82, 2.24) is 0 Å². The normalized spacial score (nSPS) is 21.0. The van der Waals surface area contributed by atoms with E-state index < -0.39 is 29.0 Å². The van der Waals surface area contributed by atoms with Gasteiger partial charge in [-0.2, -0.15) is 23.7 Å². The van der Waals surface area contributed by atoms with E-state index in [1.807, 2.05) is 12.1 Å². The lowest BCUT2D eigenvalue weighted by molar-refractivity contribution is -0.137. The number of rotatable bonds is 3. The second-order valence-corrected chi connectivity index (χ2v) is 5.90. The number of Topliss-reactive ketones (excluding diaryl/α,β-unsaturated/α-hetero) is 1. The standard InChI is InChI=1S/C19H11F3N2O/c20-19(21,22)14-8-6-12(7-9-14)15-16(18(15,10-23)11-24)17(25)13-4-2-1-3-5-13/h1-9,15-16H. The Labute approximate surface area is 141 Å². The van der Waals surface area contributed by atoms with Crippen molar-refractivity contribution in [3.05, 3.63) is 71.3 Å². The van der Waals surface area contributed by atoms with E-state index in [1.54, 1.807) is 30.3 Å². The molecule has 1 fully saturated rings. The third-order valence-electron chi connectivity index (χ3n) is 4.51. The molecule has 2 aromatic carbocycles. The summed E-state index contributed by atoms with van der Waals surface area (Å²) in [7, 11) is 0. The van der Waals surface area contributed by atoms with E-state index in [0.717, 1.165) is 12.1 Å². The van der Waals surface area contributed by atoms with Crippen LogP contribution in [0.1, 0.15) is 27.4 Å². The van der Waals surface area contributed by atoms with Crippen LogP contribution in [0.2, 0.25) is 0 Å². The summed E-state index contributed by atoms with van der Waals surface area (Å²) >= 11 is 0. The largest absolute Gasteiger partial charge is 0.416 e. The lowest BCUT2D eigenvalue weighted by Crippen LogP contribution is -2.08. The van der Waals surface area contributed by atoms with Crippen LogP contribution in [-0.4, -0.2) is 5.78 Å². The summed E-state index contributed by atoms with van der Waals surface area (Å²) in [6.07, 6.45) is -4.47. The second kappa shape index (κ2) is 5.75. The number of ketones is 1. The van der Waals surface area contributed by atoms with Crippen LogP contribution >= 0.6 is 0 Å². The van der Waals surface area contributed by atoms with Crippen molar-refractivity contribution < 1.29 is 18.0 Å². The molecule has 0 amide bonds. The third kappa shape index (κ3) is 2.66. The predicted octanol–water partition coefficient (Wildman–Crippen LogP) is 4.34. The van der Waals surface area contributed by atoms with E-state index in [0.29, 0.717) is 11.1 Å². The Kier molecular flexibility index (Phi) is 3.85. The fourth-order valence-corrected chi connectivity index (χ4v) is 3.17. The predicted molar refractivity (Wildman–Crippen MR) is 82.1 cm³/mol. The molecule has 0 heterocycles. The fraction of sp³-hybridized carbons (Fsp3) is 0.211. The number of alkyl halides is 3. The Morgan fingerprint density at radius 1 is 0.960 bits per heavy atom. The molecular weight excluding hydrogens is 329 g/mol. The van der Waals surface area contributed by atoms with Gasteiger partial charge >= 0.3 is 6.18 Å². The molecule has 0 aromatic heterocycles. The van der Waals surface area contributed by atoms with Crippen molar-refractivity contribution in [1.29, 1.82) is 10.5 Å². The van der Waals surface area contributed by atoms with Crippen LogP contribution in [0, 0.1) is 34.0 Å². The van der Waals surface area contributed by atoms with Gasteiger partial charge in [0.05, 0.1) is 23.6 Å². The Balaban J connectivity index is 1.97. The van der Waals surface area contributed by atoms with Gasteiger partial charge in [-0.25, -0.2) is 0 Å². The first-order valence-electron chi connectivity index (χ1n) is 7.44. The van der Waals surface area contributed by atoms with Gasteiger partial charge in [0.15, 0.2) is 11.2 Å². The Morgan fingerprint density at radius 2 is 1.52 bits per heavy atom. The molecular formula is C19H11F3N2O. The van der Waals surface area contributed by atoms with Crippen molar-refractivity contribution in [2.24, 2.45) is 11.3 Å². The first-order valence-corrected chi connectivity index (χ1v) is 7.44. The summed E-state index contributed by atoms with van der Waals surface area (Å²) in [5.74, 6) is -1.98. The van der Waals surface area contributed by atoms with Crippen LogP contribution in [0.5, 0.6) is 0 Å². The number of nitrogens with zero attached hydrogens (tertiary/aromatic N) is 2. The summed E-state index contributed by atoms with van der Waals surface area (Å²) in [4.78, 5) is 12.7. The molecule has 6 heteroatoms. The molecule has 0 saturated heterocycles. The van der Waals surface area contributed by atoms with Gasteiger partial charge in [-0.05, 0) is 17.7 Å². The van der Waals surface area contributed by atoms with Gasteiger partial charge in [0.1, 0.15) is 0 Å². The Morgan fingerprint density at radius 3 is 2.00 bits per heavy atom. The summed E-state index contributed by atoms with van der Waals surface area (Å²) in [6, 6.07) is 16.3. The fourth-order valence-electron chi connectivity index (χ4n) is 3.17. The van der Waals surface area contributed by atoms with Gasteiger partial charge in [-0.15, -0.1) is 0 Å². The molecule has 2 atom stereocenters. The quantitative estimate of drug-likeness (QED) is 0.781. The zero-order valence-electron chi connectivity index (χ0n) is 12.8. The molecule has 3 rings (SSSR count). The first-order chi connectivity index (χ1) is 11.8. The molecule has 1 aliphatic carbocycles. The number of carbonyl (C=O) groups excluding carboxylic acids is 1. The topological polar surface area (TPSA) is 64.7 Å². The SMILES string of the molecule is N#CC1(C#N)C(C(=O)c2ccccc2)C1c1ccc(C(F)(F)F)cc1. The minimum absolute atomic E-state index is 0.353. The molecule has 0 aliphatic heterocycles. The molecule has 2 aromatic rings. The summed E-state index contributed by atoms with van der Waals surface area (Å²) in [5.41, 5.74) is -1.61. The molecule has 0 spiro atoms. The average Bonchev–Trinajstić information content (AvgIpc) is 3.30. The summed E-state index contributed by atoms with van der Waals surface area (Å²) < 4.78 is 38.1. The summed E-state index contributed by atoms with van der Waals surface area (Å²) in [6.45, 7) is 0. The Hall–Kier alpha value is -3.12. The maximum atomic E-state index is 12.7. The van der Waals surface area contributed by atoms with Gasteiger partial charge < -0.3 is 0 Å². The highest BCUT2D eigenvalue weighted by atomic mass is 19.4. The van der Waals surface area contributed by atoms with E-state index >= 15 is 0 Å². The number of hydrogen-bond donors (Lipinski definition) is 0. The maximum absolute atomic E-state index is 12.7. The van der Waals surface area contributed by atoms with Crippen LogP contribution < -0.4 is 0 Å². The third-order valence-corrected chi connectivity index (χ3v) is 4.51. The first kappa shape index (κ1) is 16.7. The van der Waals surface area contributed by atoms with Crippen LogP contribution in [0.15, 0.2) is 54.6 Å². The minimum atomic E-state index is -4.47. The molecule has 0 radical (unpaired) electrons. The van der Waals surface area contributed by atoms with Gasteiger partial charge in [0.25, 0.3) is 0 Å². The highest BCUT2D eigenvalue weighted by Gasteiger charge is 2.70. The maximum Gasteiger partial charge on any atom is 0.416 e. The number of benzene rings is 2. The van der Waals surface area contributed by atoms with E-state index in [1.165, 1.54) is 12.1 Å². The minimum Gasteiger partial charge on any atom is -0.294 e.